The fourth-order valence-electron chi connectivity index (χ4n) is 3.47. The Labute approximate surface area is 138 Å². The number of rotatable bonds is 4. The van der Waals surface area contributed by atoms with E-state index in [1.54, 1.807) is 0 Å². The summed E-state index contributed by atoms with van der Waals surface area (Å²) in [6, 6.07) is 10.2. The summed E-state index contributed by atoms with van der Waals surface area (Å²) in [6.45, 7) is 11.3. The first-order chi connectivity index (χ1) is 10.8. The Morgan fingerprint density at radius 2 is 1.87 bits per heavy atom. The summed E-state index contributed by atoms with van der Waals surface area (Å²) in [4.78, 5) is 8.08. The molecule has 0 bridgehead atoms. The van der Waals surface area contributed by atoms with Crippen LogP contribution < -0.4 is 5.32 Å². The third kappa shape index (κ3) is 3.41. The Hall–Kier alpha value is -2.23. The molecule has 0 atom stereocenters. The van der Waals surface area contributed by atoms with E-state index in [1.807, 2.05) is 30.5 Å². The van der Waals surface area contributed by atoms with E-state index in [4.69, 9.17) is 4.98 Å². The smallest absolute Gasteiger partial charge is 0.140 e. The highest BCUT2D eigenvalue weighted by molar-refractivity contribution is 5.74. The summed E-state index contributed by atoms with van der Waals surface area (Å²) in [5.74, 6) is 1.04. The molecule has 0 aliphatic heterocycles. The SMILES string of the molecule is CC(C)(C)CC(C)(C)Nc1c(-c2ccc[nH]2)nc2ccccn12. The Morgan fingerprint density at radius 3 is 2.52 bits per heavy atom. The first kappa shape index (κ1) is 15.7. The minimum absolute atomic E-state index is 0.0363. The molecule has 0 unspecified atom stereocenters. The zero-order valence-electron chi connectivity index (χ0n) is 14.6. The van der Waals surface area contributed by atoms with Gasteiger partial charge in [0.25, 0.3) is 0 Å². The Bertz CT molecular complexity index is 788. The van der Waals surface area contributed by atoms with Gasteiger partial charge in [-0.05, 0) is 49.9 Å². The summed E-state index contributed by atoms with van der Waals surface area (Å²) in [7, 11) is 0. The second-order valence-corrected chi connectivity index (χ2v) is 8.07. The molecule has 3 aromatic heterocycles. The fraction of sp³-hybridized carbons (Fsp3) is 0.421. The van der Waals surface area contributed by atoms with Crippen LogP contribution in [0.15, 0.2) is 42.7 Å². The topological polar surface area (TPSA) is 45.1 Å². The molecule has 3 rings (SSSR count). The van der Waals surface area contributed by atoms with Crippen molar-refractivity contribution < 1.29 is 0 Å². The average Bonchev–Trinajstić information content (AvgIpc) is 3.03. The van der Waals surface area contributed by atoms with Gasteiger partial charge in [0.05, 0.1) is 5.69 Å². The molecule has 4 heteroatoms. The highest BCUT2D eigenvalue weighted by atomic mass is 15.2. The van der Waals surface area contributed by atoms with Crippen molar-refractivity contribution in [1.82, 2.24) is 14.4 Å². The zero-order chi connectivity index (χ0) is 16.7. The third-order valence-corrected chi connectivity index (χ3v) is 3.81. The monoisotopic (exact) mass is 310 g/mol. The predicted molar refractivity (Wildman–Crippen MR) is 96.8 cm³/mol. The number of aromatic amines is 1. The van der Waals surface area contributed by atoms with E-state index in [2.05, 4.69) is 61.6 Å². The molecule has 0 spiro atoms. The lowest BCUT2D eigenvalue weighted by molar-refractivity contribution is 0.302. The van der Waals surface area contributed by atoms with Crippen molar-refractivity contribution in [2.45, 2.75) is 46.6 Å². The van der Waals surface area contributed by atoms with Crippen molar-refractivity contribution in [3.63, 3.8) is 0 Å². The lowest BCUT2D eigenvalue weighted by Gasteiger charge is -2.34. The number of pyridine rings is 1. The van der Waals surface area contributed by atoms with E-state index in [1.165, 1.54) is 0 Å². The molecular formula is C19H26N4. The van der Waals surface area contributed by atoms with Crippen molar-refractivity contribution in [2.75, 3.05) is 5.32 Å². The molecule has 3 aromatic rings. The van der Waals surface area contributed by atoms with Gasteiger partial charge in [-0.1, -0.05) is 26.8 Å². The number of fused-ring (bicyclic) bond motifs is 1. The molecule has 3 heterocycles. The largest absolute Gasteiger partial charge is 0.364 e. The van der Waals surface area contributed by atoms with Gasteiger partial charge in [0.15, 0.2) is 0 Å². The van der Waals surface area contributed by atoms with Crippen molar-refractivity contribution in [3.8, 4) is 11.4 Å². The molecule has 2 N–H and O–H groups in total. The molecule has 0 aliphatic carbocycles. The van der Waals surface area contributed by atoms with Crippen LogP contribution in [0, 0.1) is 5.41 Å². The number of hydrogen-bond acceptors (Lipinski definition) is 2. The molecule has 0 amide bonds. The molecule has 0 aliphatic rings. The van der Waals surface area contributed by atoms with Crippen molar-refractivity contribution in [2.24, 2.45) is 5.41 Å². The maximum atomic E-state index is 4.80. The Kier molecular flexibility index (Phi) is 3.71. The Morgan fingerprint density at radius 1 is 1.09 bits per heavy atom. The van der Waals surface area contributed by atoms with Crippen LogP contribution >= 0.6 is 0 Å². The number of aromatic nitrogens is 3. The minimum atomic E-state index is -0.0363. The Balaban J connectivity index is 2.07. The van der Waals surface area contributed by atoms with Crippen LogP contribution in [-0.2, 0) is 0 Å². The second kappa shape index (κ2) is 5.44. The van der Waals surface area contributed by atoms with Gasteiger partial charge in [0.2, 0.25) is 0 Å². The first-order valence-electron chi connectivity index (χ1n) is 8.14. The molecule has 122 valence electrons. The maximum Gasteiger partial charge on any atom is 0.140 e. The van der Waals surface area contributed by atoms with Gasteiger partial charge < -0.3 is 10.3 Å². The van der Waals surface area contributed by atoms with Crippen molar-refractivity contribution in [1.29, 1.82) is 0 Å². The summed E-state index contributed by atoms with van der Waals surface area (Å²) in [6.07, 6.45) is 5.05. The van der Waals surface area contributed by atoms with Gasteiger partial charge in [0.1, 0.15) is 17.2 Å². The number of H-pyrrole nitrogens is 1. The van der Waals surface area contributed by atoms with Gasteiger partial charge in [-0.3, -0.25) is 4.40 Å². The van der Waals surface area contributed by atoms with Crippen LogP contribution in [0.4, 0.5) is 5.82 Å². The molecule has 0 fully saturated rings. The van der Waals surface area contributed by atoms with Crippen LogP contribution in [0.1, 0.15) is 41.0 Å². The number of anilines is 1. The van der Waals surface area contributed by atoms with Crippen LogP contribution in [0.2, 0.25) is 0 Å². The second-order valence-electron chi connectivity index (χ2n) is 8.07. The average molecular weight is 310 g/mol. The number of nitrogens with zero attached hydrogens (tertiary/aromatic N) is 2. The summed E-state index contributed by atoms with van der Waals surface area (Å²) in [5, 5.41) is 3.74. The van der Waals surface area contributed by atoms with Crippen LogP contribution in [-0.4, -0.2) is 19.9 Å². The fourth-order valence-corrected chi connectivity index (χ4v) is 3.47. The zero-order valence-corrected chi connectivity index (χ0v) is 14.6. The van der Waals surface area contributed by atoms with Crippen LogP contribution in [0.3, 0.4) is 0 Å². The highest BCUT2D eigenvalue weighted by Crippen LogP contribution is 2.34. The summed E-state index contributed by atoms with van der Waals surface area (Å²) in [5.41, 5.74) is 3.16. The van der Waals surface area contributed by atoms with Crippen molar-refractivity contribution in [3.05, 3.63) is 42.7 Å². The number of hydrogen-bond donors (Lipinski definition) is 2. The van der Waals surface area contributed by atoms with Crippen molar-refractivity contribution >= 4 is 11.5 Å². The van der Waals surface area contributed by atoms with E-state index in [9.17, 15) is 0 Å². The summed E-state index contributed by atoms with van der Waals surface area (Å²) >= 11 is 0. The summed E-state index contributed by atoms with van der Waals surface area (Å²) < 4.78 is 2.13. The molecule has 23 heavy (non-hydrogen) atoms. The third-order valence-electron chi connectivity index (χ3n) is 3.81. The highest BCUT2D eigenvalue weighted by Gasteiger charge is 2.28. The predicted octanol–water partition coefficient (Wildman–Crippen LogP) is 4.96. The lowest BCUT2D eigenvalue weighted by atomic mass is 9.82. The van der Waals surface area contributed by atoms with Gasteiger partial charge in [-0.25, -0.2) is 4.98 Å². The van der Waals surface area contributed by atoms with E-state index >= 15 is 0 Å². The standard InChI is InChI=1S/C19H26N4/c1-18(2,3)13-19(4,5)22-17-16(14-9-8-11-20-14)21-15-10-6-7-12-23(15)17/h6-12,20,22H,13H2,1-5H3. The van der Waals surface area contributed by atoms with E-state index in [0.29, 0.717) is 0 Å². The number of nitrogens with one attached hydrogen (secondary N) is 2. The molecule has 0 saturated carbocycles. The van der Waals surface area contributed by atoms with E-state index in [-0.39, 0.29) is 11.0 Å². The maximum absolute atomic E-state index is 4.80. The molecule has 0 aromatic carbocycles. The van der Waals surface area contributed by atoms with E-state index < -0.39 is 0 Å². The van der Waals surface area contributed by atoms with Gasteiger partial charge in [-0.2, -0.15) is 0 Å². The van der Waals surface area contributed by atoms with Gasteiger partial charge in [-0.15, -0.1) is 0 Å². The van der Waals surface area contributed by atoms with E-state index in [0.717, 1.165) is 29.3 Å². The normalized spacial score (nSPS) is 12.7. The molecule has 4 nitrogen and oxygen atoms in total. The van der Waals surface area contributed by atoms with Crippen LogP contribution in [0.25, 0.3) is 17.0 Å². The van der Waals surface area contributed by atoms with Gasteiger partial charge in [0, 0.05) is 17.9 Å². The lowest BCUT2D eigenvalue weighted by Crippen LogP contribution is -2.36. The first-order valence-corrected chi connectivity index (χ1v) is 8.14. The molecule has 0 saturated heterocycles. The molecular weight excluding hydrogens is 284 g/mol. The number of imidazole rings is 1. The minimum Gasteiger partial charge on any atom is -0.364 e. The van der Waals surface area contributed by atoms with Gasteiger partial charge >= 0.3 is 0 Å². The quantitative estimate of drug-likeness (QED) is 0.715. The molecule has 0 radical (unpaired) electrons. The van der Waals surface area contributed by atoms with Crippen LogP contribution in [0.5, 0.6) is 0 Å².